The van der Waals surface area contributed by atoms with Gasteiger partial charge in [0.2, 0.25) is 17.7 Å². The van der Waals surface area contributed by atoms with Crippen molar-refractivity contribution in [1.82, 2.24) is 20.0 Å². The van der Waals surface area contributed by atoms with Gasteiger partial charge in [0.25, 0.3) is 0 Å². The van der Waals surface area contributed by atoms with Crippen LogP contribution in [-0.4, -0.2) is 47.2 Å². The SMILES string of the molecule is CC(=O)NCC(=O)NCC(=O)N(C)c1ccc(Cl)c(COc2cccn3c(Br)c(C)nc23)c1Cl. The lowest BCUT2D eigenvalue weighted by Crippen LogP contribution is -2.42. The Kier molecular flexibility index (Phi) is 8.40. The maximum absolute atomic E-state index is 12.6. The first-order valence-electron chi connectivity index (χ1n) is 10.1. The van der Waals surface area contributed by atoms with E-state index in [4.69, 9.17) is 27.9 Å². The number of aromatic nitrogens is 2. The number of anilines is 1. The van der Waals surface area contributed by atoms with Crippen molar-refractivity contribution in [2.24, 2.45) is 0 Å². The van der Waals surface area contributed by atoms with Crippen molar-refractivity contribution in [3.05, 3.63) is 56.4 Å². The molecule has 12 heteroatoms. The van der Waals surface area contributed by atoms with E-state index in [1.165, 1.54) is 18.9 Å². The highest BCUT2D eigenvalue weighted by Gasteiger charge is 2.20. The Balaban J connectivity index is 1.73. The van der Waals surface area contributed by atoms with E-state index in [1.807, 2.05) is 23.6 Å². The summed E-state index contributed by atoms with van der Waals surface area (Å²) in [5.74, 6) is -0.689. The quantitative estimate of drug-likeness (QED) is 0.431. The van der Waals surface area contributed by atoms with Gasteiger partial charge in [-0.15, -0.1) is 0 Å². The van der Waals surface area contributed by atoms with Crippen molar-refractivity contribution in [3.63, 3.8) is 0 Å². The Morgan fingerprint density at radius 1 is 1.18 bits per heavy atom. The number of rotatable bonds is 8. The topological polar surface area (TPSA) is 105 Å². The highest BCUT2D eigenvalue weighted by molar-refractivity contribution is 9.10. The Morgan fingerprint density at radius 3 is 2.62 bits per heavy atom. The van der Waals surface area contributed by atoms with Gasteiger partial charge in [-0.3, -0.25) is 18.8 Å². The molecule has 0 bridgehead atoms. The summed E-state index contributed by atoms with van der Waals surface area (Å²) in [4.78, 5) is 41.0. The average Bonchev–Trinajstić information content (AvgIpc) is 3.09. The van der Waals surface area contributed by atoms with Gasteiger partial charge in [0.15, 0.2) is 11.4 Å². The molecule has 0 aliphatic heterocycles. The molecule has 3 rings (SSSR count). The van der Waals surface area contributed by atoms with Crippen LogP contribution in [0.15, 0.2) is 35.1 Å². The number of benzene rings is 1. The minimum atomic E-state index is -0.483. The molecule has 0 unspecified atom stereocenters. The van der Waals surface area contributed by atoms with Crippen molar-refractivity contribution in [2.45, 2.75) is 20.5 Å². The van der Waals surface area contributed by atoms with Crippen LogP contribution in [0.5, 0.6) is 5.75 Å². The van der Waals surface area contributed by atoms with Gasteiger partial charge in [0.05, 0.1) is 29.5 Å². The predicted octanol–water partition coefficient (Wildman–Crippen LogP) is 3.51. The molecule has 0 spiro atoms. The van der Waals surface area contributed by atoms with Gasteiger partial charge in [-0.05, 0) is 47.1 Å². The number of carbonyl (C=O) groups excluding carboxylic acids is 3. The van der Waals surface area contributed by atoms with Crippen molar-refractivity contribution in [3.8, 4) is 5.75 Å². The van der Waals surface area contributed by atoms with Crippen molar-refractivity contribution in [1.29, 1.82) is 0 Å². The lowest BCUT2D eigenvalue weighted by Gasteiger charge is -2.21. The summed E-state index contributed by atoms with van der Waals surface area (Å²) in [7, 11) is 1.54. The van der Waals surface area contributed by atoms with E-state index >= 15 is 0 Å². The molecule has 1 aromatic carbocycles. The first-order valence-corrected chi connectivity index (χ1v) is 11.7. The molecule has 180 valence electrons. The van der Waals surface area contributed by atoms with Crippen molar-refractivity contribution < 1.29 is 19.1 Å². The van der Waals surface area contributed by atoms with E-state index in [0.717, 1.165) is 10.3 Å². The number of nitrogens with one attached hydrogen (secondary N) is 2. The molecule has 3 aromatic rings. The lowest BCUT2D eigenvalue weighted by molar-refractivity contribution is -0.126. The zero-order valence-corrected chi connectivity index (χ0v) is 21.7. The first kappa shape index (κ1) is 25.8. The monoisotopic (exact) mass is 569 g/mol. The normalized spacial score (nSPS) is 10.8. The fraction of sp³-hybridized carbons (Fsp3) is 0.273. The molecule has 0 atom stereocenters. The van der Waals surface area contributed by atoms with E-state index in [1.54, 1.807) is 18.2 Å². The number of fused-ring (bicyclic) bond motifs is 1. The number of halogens is 3. The number of hydrogen-bond acceptors (Lipinski definition) is 5. The molecular formula is C22H22BrCl2N5O4. The second-order valence-electron chi connectivity index (χ2n) is 7.34. The van der Waals surface area contributed by atoms with Crippen LogP contribution in [0.2, 0.25) is 10.0 Å². The maximum Gasteiger partial charge on any atom is 0.246 e. The van der Waals surface area contributed by atoms with E-state index in [2.05, 4.69) is 31.5 Å². The van der Waals surface area contributed by atoms with Gasteiger partial charge in [-0.25, -0.2) is 4.98 Å². The van der Waals surface area contributed by atoms with E-state index in [0.29, 0.717) is 27.7 Å². The molecule has 2 heterocycles. The number of ether oxygens (including phenoxy) is 1. The third kappa shape index (κ3) is 5.81. The molecule has 3 amide bonds. The summed E-state index contributed by atoms with van der Waals surface area (Å²) < 4.78 is 8.67. The molecule has 0 saturated heterocycles. The number of pyridine rings is 1. The zero-order chi connectivity index (χ0) is 25.0. The van der Waals surface area contributed by atoms with E-state index < -0.39 is 11.8 Å². The minimum absolute atomic E-state index is 0.0458. The molecule has 0 aliphatic rings. The fourth-order valence-corrected chi connectivity index (χ4v) is 4.04. The number of carbonyl (C=O) groups is 3. The number of hydrogen-bond donors (Lipinski definition) is 2. The van der Waals surface area contributed by atoms with E-state index in [-0.39, 0.29) is 30.6 Å². The highest BCUT2D eigenvalue weighted by Crippen LogP contribution is 2.35. The molecule has 34 heavy (non-hydrogen) atoms. The van der Waals surface area contributed by atoms with Gasteiger partial charge >= 0.3 is 0 Å². The van der Waals surface area contributed by atoms with Gasteiger partial charge in [0, 0.05) is 30.8 Å². The summed E-state index contributed by atoms with van der Waals surface area (Å²) in [6.45, 7) is 2.74. The largest absolute Gasteiger partial charge is 0.485 e. The fourth-order valence-electron chi connectivity index (χ4n) is 3.06. The maximum atomic E-state index is 12.6. The third-order valence-electron chi connectivity index (χ3n) is 4.92. The molecule has 0 radical (unpaired) electrons. The van der Waals surface area contributed by atoms with Crippen LogP contribution in [0, 0.1) is 6.92 Å². The van der Waals surface area contributed by atoms with Gasteiger partial charge in [-0.1, -0.05) is 23.2 Å². The predicted molar refractivity (Wildman–Crippen MR) is 134 cm³/mol. The summed E-state index contributed by atoms with van der Waals surface area (Å²) in [5.41, 5.74) is 2.36. The second-order valence-corrected chi connectivity index (χ2v) is 8.88. The Labute approximate surface area is 214 Å². The summed E-state index contributed by atoms with van der Waals surface area (Å²) >= 11 is 16.5. The number of nitrogens with zero attached hydrogens (tertiary/aromatic N) is 3. The Bertz CT molecular complexity index is 1260. The van der Waals surface area contributed by atoms with Crippen molar-refractivity contribution >= 4 is 68.2 Å². The number of aryl methyl sites for hydroxylation is 1. The molecule has 9 nitrogen and oxygen atoms in total. The molecule has 0 aliphatic carbocycles. The average molecular weight is 571 g/mol. The van der Waals surface area contributed by atoms with Crippen molar-refractivity contribution in [2.75, 3.05) is 25.0 Å². The standard InChI is InChI=1S/C22H22BrCl2N5O4/c1-12-21(23)30-8-4-5-17(22(30)28-12)34-11-14-15(24)6-7-16(20(14)25)29(3)19(33)10-27-18(32)9-26-13(2)31/h4-8H,9-11H2,1-3H3,(H,26,31)(H,27,32). The van der Waals surface area contributed by atoms with Gasteiger partial charge < -0.3 is 20.3 Å². The minimum Gasteiger partial charge on any atom is -0.485 e. The van der Waals surface area contributed by atoms with Crippen LogP contribution < -0.4 is 20.3 Å². The summed E-state index contributed by atoms with van der Waals surface area (Å²) in [6, 6.07) is 6.86. The number of imidazole rings is 1. The highest BCUT2D eigenvalue weighted by atomic mass is 79.9. The summed E-state index contributed by atoms with van der Waals surface area (Å²) in [5, 5.41) is 5.44. The van der Waals surface area contributed by atoms with Crippen LogP contribution in [0.25, 0.3) is 5.65 Å². The molecule has 2 aromatic heterocycles. The second kappa shape index (κ2) is 11.1. The smallest absolute Gasteiger partial charge is 0.246 e. The molecule has 0 saturated carbocycles. The first-order chi connectivity index (χ1) is 16.1. The Morgan fingerprint density at radius 2 is 1.91 bits per heavy atom. The lowest BCUT2D eigenvalue weighted by atomic mass is 10.2. The van der Waals surface area contributed by atoms with Crippen LogP contribution >= 0.6 is 39.1 Å². The van der Waals surface area contributed by atoms with Crippen LogP contribution in [-0.2, 0) is 21.0 Å². The number of amides is 3. The molecule has 0 fully saturated rings. The zero-order valence-electron chi connectivity index (χ0n) is 18.6. The molecule has 2 N–H and O–H groups in total. The van der Waals surface area contributed by atoms with Crippen LogP contribution in [0.1, 0.15) is 18.2 Å². The Hall–Kier alpha value is -2.82. The van der Waals surface area contributed by atoms with Crippen LogP contribution in [0.3, 0.4) is 0 Å². The number of likely N-dealkylation sites (N-methyl/N-ethyl adjacent to an activating group) is 1. The summed E-state index contributed by atoms with van der Waals surface area (Å²) in [6.07, 6.45) is 1.86. The third-order valence-corrected chi connectivity index (χ3v) is 6.65. The van der Waals surface area contributed by atoms with Crippen LogP contribution in [0.4, 0.5) is 5.69 Å². The van der Waals surface area contributed by atoms with E-state index in [9.17, 15) is 14.4 Å². The van der Waals surface area contributed by atoms with Gasteiger partial charge in [-0.2, -0.15) is 0 Å². The van der Waals surface area contributed by atoms with Gasteiger partial charge in [0.1, 0.15) is 11.2 Å². The molecular weight excluding hydrogens is 549 g/mol.